The molecule has 1 atom stereocenters. The summed E-state index contributed by atoms with van der Waals surface area (Å²) in [7, 11) is 0. The second-order valence-corrected chi connectivity index (χ2v) is 6.58. The van der Waals surface area contributed by atoms with Crippen LogP contribution in [-0.4, -0.2) is 34.7 Å². The Bertz CT molecular complexity index is 653. The number of hydrogen-bond acceptors (Lipinski definition) is 4. The smallest absolute Gasteiger partial charge is 0.177 e. The third kappa shape index (κ3) is 1.37. The number of nitrogens with one attached hydrogen (secondary N) is 1. The van der Waals surface area contributed by atoms with Crippen LogP contribution in [-0.2, 0) is 0 Å². The maximum Gasteiger partial charge on any atom is 0.177 e. The van der Waals surface area contributed by atoms with Crippen LogP contribution < -0.4 is 5.32 Å². The van der Waals surface area contributed by atoms with E-state index in [1.54, 1.807) is 0 Å². The first kappa shape index (κ1) is 11.1. The summed E-state index contributed by atoms with van der Waals surface area (Å²) in [5.74, 6) is 1.74. The molecule has 1 N–H and O–H groups in total. The van der Waals surface area contributed by atoms with Crippen LogP contribution >= 0.6 is 0 Å². The summed E-state index contributed by atoms with van der Waals surface area (Å²) in [6.07, 6.45) is 5.35. The Morgan fingerprint density at radius 1 is 1.20 bits per heavy atom. The average molecular weight is 269 g/mol. The summed E-state index contributed by atoms with van der Waals surface area (Å²) in [6.45, 7) is 2.59. The number of piperidine rings is 3. The molecule has 0 unspecified atom stereocenters. The molecule has 1 aromatic carbocycles. The zero-order valence-electron chi connectivity index (χ0n) is 11.5. The highest BCUT2D eigenvalue weighted by atomic mass is 16.5. The maximum absolute atomic E-state index is 5.43. The molecule has 4 aliphatic rings. The van der Waals surface area contributed by atoms with Gasteiger partial charge in [0.05, 0.1) is 5.39 Å². The first-order valence-corrected chi connectivity index (χ1v) is 7.73. The molecule has 2 aromatic rings. The lowest BCUT2D eigenvalue weighted by atomic mass is 9.77. The number of benzene rings is 1. The van der Waals surface area contributed by atoms with E-state index in [-0.39, 0.29) is 0 Å². The molecule has 3 aliphatic heterocycles. The van der Waals surface area contributed by atoms with Crippen LogP contribution in [0.3, 0.4) is 0 Å². The van der Waals surface area contributed by atoms with Gasteiger partial charge >= 0.3 is 0 Å². The number of para-hydroxylation sites is 1. The molecule has 4 nitrogen and oxygen atoms in total. The monoisotopic (exact) mass is 269 g/mol. The lowest BCUT2D eigenvalue weighted by molar-refractivity contribution is 0.0202. The number of aromatic nitrogens is 1. The number of anilines is 1. The second kappa shape index (κ2) is 3.76. The molecule has 3 saturated heterocycles. The Hall–Kier alpha value is -1.55. The van der Waals surface area contributed by atoms with Crippen molar-refractivity contribution in [1.29, 1.82) is 0 Å². The van der Waals surface area contributed by atoms with Gasteiger partial charge < -0.3 is 9.84 Å². The summed E-state index contributed by atoms with van der Waals surface area (Å²) >= 11 is 0. The van der Waals surface area contributed by atoms with Gasteiger partial charge in [0.2, 0.25) is 0 Å². The van der Waals surface area contributed by atoms with Crippen LogP contribution in [0.2, 0.25) is 0 Å². The van der Waals surface area contributed by atoms with Crippen molar-refractivity contribution in [2.45, 2.75) is 37.3 Å². The summed E-state index contributed by atoms with van der Waals surface area (Å²) in [4.78, 5) is 2.72. The molecule has 1 aromatic heterocycles. The zero-order chi connectivity index (χ0) is 13.2. The van der Waals surface area contributed by atoms with Gasteiger partial charge in [-0.3, -0.25) is 4.90 Å². The largest absolute Gasteiger partial charge is 0.362 e. The quantitative estimate of drug-likeness (QED) is 0.910. The molecule has 4 fully saturated rings. The molecule has 2 bridgehead atoms. The topological polar surface area (TPSA) is 41.3 Å². The van der Waals surface area contributed by atoms with E-state index in [0.29, 0.717) is 11.6 Å². The minimum atomic E-state index is 0.432. The van der Waals surface area contributed by atoms with E-state index in [2.05, 4.69) is 21.4 Å². The Labute approximate surface area is 118 Å². The van der Waals surface area contributed by atoms with Crippen molar-refractivity contribution >= 4 is 16.8 Å². The van der Waals surface area contributed by atoms with Crippen LogP contribution in [0.5, 0.6) is 0 Å². The first-order valence-electron chi connectivity index (χ1n) is 7.73. The molecule has 1 aliphatic carbocycles. The van der Waals surface area contributed by atoms with Crippen LogP contribution in [0.15, 0.2) is 28.8 Å². The second-order valence-electron chi connectivity index (χ2n) is 6.58. The van der Waals surface area contributed by atoms with Crippen molar-refractivity contribution in [2.75, 3.05) is 18.4 Å². The third-order valence-electron chi connectivity index (χ3n) is 5.65. The SMILES string of the molecule is c1ccc2c(N[C@@H]3C4CCN(CC4)C34CC4)noc2c1. The Kier molecular flexibility index (Phi) is 2.09. The van der Waals surface area contributed by atoms with Crippen LogP contribution in [0.25, 0.3) is 11.0 Å². The normalized spacial score (nSPS) is 33.7. The van der Waals surface area contributed by atoms with Gasteiger partial charge in [-0.25, -0.2) is 0 Å². The fourth-order valence-corrected chi connectivity index (χ4v) is 4.46. The number of rotatable bonds is 2. The van der Waals surface area contributed by atoms with E-state index >= 15 is 0 Å². The molecule has 1 saturated carbocycles. The zero-order valence-corrected chi connectivity index (χ0v) is 11.5. The Morgan fingerprint density at radius 3 is 2.80 bits per heavy atom. The third-order valence-corrected chi connectivity index (χ3v) is 5.65. The van der Waals surface area contributed by atoms with Crippen LogP contribution in [0.4, 0.5) is 5.82 Å². The predicted octanol–water partition coefficient (Wildman–Crippen LogP) is 2.87. The molecule has 4 heterocycles. The van der Waals surface area contributed by atoms with Crippen molar-refractivity contribution in [1.82, 2.24) is 10.1 Å². The maximum atomic E-state index is 5.43. The van der Waals surface area contributed by atoms with Crippen molar-refractivity contribution in [3.05, 3.63) is 24.3 Å². The Balaban J connectivity index is 1.52. The molecule has 1 spiro atoms. The number of nitrogens with zero attached hydrogens (tertiary/aromatic N) is 2. The molecule has 6 rings (SSSR count). The summed E-state index contributed by atoms with van der Waals surface area (Å²) in [5, 5.41) is 9.11. The van der Waals surface area contributed by atoms with Gasteiger partial charge in [0, 0.05) is 11.6 Å². The van der Waals surface area contributed by atoms with E-state index in [1.807, 2.05) is 18.2 Å². The molecule has 0 amide bonds. The lowest BCUT2D eigenvalue weighted by Gasteiger charge is -2.52. The van der Waals surface area contributed by atoms with Gasteiger partial charge in [0.1, 0.15) is 0 Å². The van der Waals surface area contributed by atoms with Gasteiger partial charge in [-0.15, -0.1) is 0 Å². The van der Waals surface area contributed by atoms with Gasteiger partial charge in [-0.1, -0.05) is 17.3 Å². The van der Waals surface area contributed by atoms with E-state index in [1.165, 1.54) is 38.8 Å². The van der Waals surface area contributed by atoms with E-state index in [9.17, 15) is 0 Å². The minimum Gasteiger partial charge on any atom is -0.362 e. The fourth-order valence-electron chi connectivity index (χ4n) is 4.46. The van der Waals surface area contributed by atoms with Gasteiger partial charge in [-0.05, 0) is 56.8 Å². The lowest BCUT2D eigenvalue weighted by Crippen LogP contribution is -2.62. The highest BCUT2D eigenvalue weighted by Gasteiger charge is 2.60. The van der Waals surface area contributed by atoms with Gasteiger partial charge in [0.25, 0.3) is 0 Å². The molecule has 20 heavy (non-hydrogen) atoms. The molecule has 0 radical (unpaired) electrons. The number of hydrogen-bond donors (Lipinski definition) is 1. The highest BCUT2D eigenvalue weighted by Crippen LogP contribution is 2.54. The fraction of sp³-hybridized carbons (Fsp3) is 0.562. The summed E-state index contributed by atoms with van der Waals surface area (Å²) in [6, 6.07) is 8.67. The van der Waals surface area contributed by atoms with Crippen molar-refractivity contribution < 1.29 is 4.52 Å². The summed E-state index contributed by atoms with van der Waals surface area (Å²) in [5.41, 5.74) is 1.31. The first-order chi connectivity index (χ1) is 9.87. The standard InChI is InChI=1S/C16H19N3O/c1-2-4-13-12(3-1)15(18-20-13)17-14-11-5-9-19(10-6-11)16(14)7-8-16/h1-4,11,14H,5-10H2,(H,17,18)/t14-/m1/s1. The average Bonchev–Trinajstić information content (AvgIpc) is 3.18. The van der Waals surface area contributed by atoms with E-state index < -0.39 is 0 Å². The van der Waals surface area contributed by atoms with Gasteiger partial charge in [-0.2, -0.15) is 0 Å². The molecule has 4 heteroatoms. The minimum absolute atomic E-state index is 0.432. The number of fused-ring (bicyclic) bond motifs is 3. The Morgan fingerprint density at radius 2 is 2.00 bits per heavy atom. The van der Waals surface area contributed by atoms with Crippen molar-refractivity contribution in [3.63, 3.8) is 0 Å². The van der Waals surface area contributed by atoms with Crippen LogP contribution in [0.1, 0.15) is 25.7 Å². The predicted molar refractivity (Wildman–Crippen MR) is 77.7 cm³/mol. The molecular formula is C16H19N3O. The summed E-state index contributed by atoms with van der Waals surface area (Å²) < 4.78 is 5.43. The molecule has 104 valence electrons. The van der Waals surface area contributed by atoms with Gasteiger partial charge in [0.15, 0.2) is 11.4 Å². The molecular weight excluding hydrogens is 250 g/mol. The van der Waals surface area contributed by atoms with Crippen molar-refractivity contribution in [3.8, 4) is 0 Å². The van der Waals surface area contributed by atoms with Crippen molar-refractivity contribution in [2.24, 2.45) is 5.92 Å². The highest BCUT2D eigenvalue weighted by molar-refractivity contribution is 5.88. The van der Waals surface area contributed by atoms with Crippen LogP contribution in [0, 0.1) is 5.92 Å². The van der Waals surface area contributed by atoms with E-state index in [4.69, 9.17) is 4.52 Å². The van der Waals surface area contributed by atoms with E-state index in [0.717, 1.165) is 22.7 Å².